The van der Waals surface area contributed by atoms with Crippen molar-refractivity contribution in [2.75, 3.05) is 6.54 Å². The van der Waals surface area contributed by atoms with E-state index in [9.17, 15) is 18.7 Å². The molecule has 29 heavy (non-hydrogen) atoms. The molecule has 6 heteroatoms. The second-order valence-corrected chi connectivity index (χ2v) is 8.21. The van der Waals surface area contributed by atoms with E-state index in [1.54, 1.807) is 17.0 Å². The van der Waals surface area contributed by atoms with E-state index >= 15 is 0 Å². The van der Waals surface area contributed by atoms with Crippen molar-refractivity contribution in [2.45, 2.75) is 45.3 Å². The number of rotatable bonds is 5. The Balaban J connectivity index is 1.30. The van der Waals surface area contributed by atoms with Crippen LogP contribution in [-0.4, -0.2) is 28.6 Å². The highest BCUT2D eigenvalue weighted by Crippen LogP contribution is 2.35. The first-order valence-electron chi connectivity index (χ1n) is 10.1. The molecule has 0 saturated heterocycles. The van der Waals surface area contributed by atoms with E-state index in [1.807, 2.05) is 6.92 Å². The fourth-order valence-electron chi connectivity index (χ4n) is 4.53. The molecule has 1 amide bonds. The Labute approximate surface area is 169 Å². The van der Waals surface area contributed by atoms with Crippen molar-refractivity contribution < 1.29 is 23.4 Å². The van der Waals surface area contributed by atoms with E-state index in [2.05, 4.69) is 0 Å². The minimum Gasteiger partial charge on any atom is -0.505 e. The SMILES string of the molecule is C[C@H](Oc1cccc(F)c1)[C@H]1CC[C@H](CN2Cc3cc(F)c(O)cc3C2=O)CC1. The Morgan fingerprint density at radius 1 is 1.17 bits per heavy atom. The average Bonchev–Trinajstić information content (AvgIpc) is 2.97. The molecule has 0 unspecified atom stereocenters. The van der Waals surface area contributed by atoms with Crippen molar-refractivity contribution in [2.24, 2.45) is 11.8 Å². The molecule has 1 aliphatic carbocycles. The summed E-state index contributed by atoms with van der Waals surface area (Å²) in [6.07, 6.45) is 3.96. The summed E-state index contributed by atoms with van der Waals surface area (Å²) in [6, 6.07) is 8.70. The number of hydrogen-bond acceptors (Lipinski definition) is 3. The number of phenolic OH excluding ortho intramolecular Hbond substituents is 1. The summed E-state index contributed by atoms with van der Waals surface area (Å²) in [5.74, 6) is -0.270. The maximum Gasteiger partial charge on any atom is 0.254 e. The lowest BCUT2D eigenvalue weighted by molar-refractivity contribution is 0.0685. The number of benzene rings is 2. The van der Waals surface area contributed by atoms with E-state index in [0.717, 1.165) is 25.7 Å². The van der Waals surface area contributed by atoms with E-state index in [0.29, 0.717) is 41.8 Å². The Morgan fingerprint density at radius 2 is 1.93 bits per heavy atom. The number of carbonyl (C=O) groups is 1. The molecule has 154 valence electrons. The molecule has 0 spiro atoms. The molecule has 1 atom stereocenters. The van der Waals surface area contributed by atoms with Gasteiger partial charge in [-0.05, 0) is 74.3 Å². The number of halogens is 2. The standard InChI is InChI=1S/C23H25F2NO3/c1-14(29-19-4-2-3-18(24)10-19)16-7-5-15(6-8-16)12-26-13-17-9-21(25)22(27)11-20(17)23(26)28/h2-4,9-11,14-16,27H,5-8,12-13H2,1H3/t14-,15-,16-/m0/s1. The van der Waals surface area contributed by atoms with Crippen molar-refractivity contribution in [3.63, 3.8) is 0 Å². The summed E-state index contributed by atoms with van der Waals surface area (Å²) in [7, 11) is 0. The van der Waals surface area contributed by atoms with Gasteiger partial charge in [0.05, 0.1) is 6.10 Å². The second-order valence-electron chi connectivity index (χ2n) is 8.21. The van der Waals surface area contributed by atoms with Crippen LogP contribution in [0.5, 0.6) is 11.5 Å². The summed E-state index contributed by atoms with van der Waals surface area (Å²) < 4.78 is 32.8. The van der Waals surface area contributed by atoms with Crippen molar-refractivity contribution in [3.8, 4) is 11.5 Å². The van der Waals surface area contributed by atoms with Gasteiger partial charge < -0.3 is 14.7 Å². The quantitative estimate of drug-likeness (QED) is 0.775. The third-order valence-electron chi connectivity index (χ3n) is 6.20. The molecule has 2 aromatic carbocycles. The van der Waals surface area contributed by atoms with Gasteiger partial charge in [-0.25, -0.2) is 8.78 Å². The van der Waals surface area contributed by atoms with Crippen LogP contribution in [0.2, 0.25) is 0 Å². The molecule has 1 saturated carbocycles. The van der Waals surface area contributed by atoms with E-state index < -0.39 is 11.6 Å². The molecule has 1 fully saturated rings. The van der Waals surface area contributed by atoms with Crippen LogP contribution in [0.3, 0.4) is 0 Å². The Kier molecular flexibility index (Phi) is 5.43. The van der Waals surface area contributed by atoms with Crippen molar-refractivity contribution in [3.05, 3.63) is 59.2 Å². The van der Waals surface area contributed by atoms with E-state index in [-0.39, 0.29) is 17.8 Å². The van der Waals surface area contributed by atoms with Crippen LogP contribution in [0, 0.1) is 23.5 Å². The van der Waals surface area contributed by atoms with Gasteiger partial charge in [0.2, 0.25) is 0 Å². The summed E-state index contributed by atoms with van der Waals surface area (Å²) >= 11 is 0. The first-order valence-corrected chi connectivity index (χ1v) is 10.1. The third-order valence-corrected chi connectivity index (χ3v) is 6.20. The second kappa shape index (κ2) is 8.01. The highest BCUT2D eigenvalue weighted by atomic mass is 19.1. The lowest BCUT2D eigenvalue weighted by Crippen LogP contribution is -2.34. The monoisotopic (exact) mass is 401 g/mol. The molecule has 2 aromatic rings. The van der Waals surface area contributed by atoms with Gasteiger partial charge in [0.1, 0.15) is 11.6 Å². The van der Waals surface area contributed by atoms with Gasteiger partial charge in [-0.15, -0.1) is 0 Å². The van der Waals surface area contributed by atoms with Crippen molar-refractivity contribution in [1.82, 2.24) is 4.90 Å². The molecule has 0 aromatic heterocycles. The van der Waals surface area contributed by atoms with Gasteiger partial charge in [0.15, 0.2) is 11.6 Å². The van der Waals surface area contributed by atoms with Crippen LogP contribution >= 0.6 is 0 Å². The molecular formula is C23H25F2NO3. The van der Waals surface area contributed by atoms with E-state index in [1.165, 1.54) is 24.3 Å². The highest BCUT2D eigenvalue weighted by molar-refractivity contribution is 5.98. The number of hydrogen-bond donors (Lipinski definition) is 1. The topological polar surface area (TPSA) is 49.8 Å². The Bertz CT molecular complexity index is 909. The van der Waals surface area contributed by atoms with E-state index in [4.69, 9.17) is 4.74 Å². The average molecular weight is 401 g/mol. The van der Waals surface area contributed by atoms with Crippen LogP contribution in [0.4, 0.5) is 8.78 Å². The van der Waals surface area contributed by atoms with Crippen LogP contribution in [0.1, 0.15) is 48.5 Å². The molecule has 0 radical (unpaired) electrons. The number of nitrogens with zero attached hydrogens (tertiary/aromatic N) is 1. The number of carbonyl (C=O) groups excluding carboxylic acids is 1. The Hall–Kier alpha value is -2.63. The zero-order valence-corrected chi connectivity index (χ0v) is 16.4. The normalized spacial score (nSPS) is 22.4. The van der Waals surface area contributed by atoms with Gasteiger partial charge in [-0.2, -0.15) is 0 Å². The van der Waals surface area contributed by atoms with Gasteiger partial charge in [0, 0.05) is 24.7 Å². The number of fused-ring (bicyclic) bond motifs is 1. The predicted molar refractivity (Wildman–Crippen MR) is 105 cm³/mol. The summed E-state index contributed by atoms with van der Waals surface area (Å²) in [6.45, 7) is 3.06. The third kappa shape index (κ3) is 4.21. The minimum absolute atomic E-state index is 0.00127. The zero-order valence-electron chi connectivity index (χ0n) is 16.4. The molecule has 1 N–H and O–H groups in total. The van der Waals surface area contributed by atoms with Crippen LogP contribution in [0.25, 0.3) is 0 Å². The molecule has 1 aliphatic heterocycles. The lowest BCUT2D eigenvalue weighted by atomic mass is 9.79. The van der Waals surface area contributed by atoms with Gasteiger partial charge >= 0.3 is 0 Å². The molecule has 4 rings (SSSR count). The number of ether oxygens (including phenoxy) is 1. The summed E-state index contributed by atoms with van der Waals surface area (Å²) in [5.41, 5.74) is 1.03. The maximum absolute atomic E-state index is 13.6. The van der Waals surface area contributed by atoms with Crippen LogP contribution < -0.4 is 4.74 Å². The first-order chi connectivity index (χ1) is 13.9. The smallest absolute Gasteiger partial charge is 0.254 e. The maximum atomic E-state index is 13.6. The van der Waals surface area contributed by atoms with Crippen LogP contribution in [-0.2, 0) is 6.54 Å². The lowest BCUT2D eigenvalue weighted by Gasteiger charge is -2.34. The highest BCUT2D eigenvalue weighted by Gasteiger charge is 2.33. The fraction of sp³-hybridized carbons (Fsp3) is 0.435. The molecule has 2 aliphatic rings. The Morgan fingerprint density at radius 3 is 2.66 bits per heavy atom. The van der Waals surface area contributed by atoms with Crippen LogP contribution in [0.15, 0.2) is 36.4 Å². The number of phenols is 1. The van der Waals surface area contributed by atoms with Gasteiger partial charge in [-0.3, -0.25) is 4.79 Å². The van der Waals surface area contributed by atoms with Gasteiger partial charge in [-0.1, -0.05) is 6.07 Å². The molecular weight excluding hydrogens is 376 g/mol. The molecule has 0 bridgehead atoms. The number of aromatic hydroxyl groups is 1. The fourth-order valence-corrected chi connectivity index (χ4v) is 4.53. The minimum atomic E-state index is -0.689. The predicted octanol–water partition coefficient (Wildman–Crippen LogP) is 4.90. The zero-order chi connectivity index (χ0) is 20.5. The molecule has 1 heterocycles. The summed E-state index contributed by atoms with van der Waals surface area (Å²) in [5, 5.41) is 9.53. The van der Waals surface area contributed by atoms with Crippen molar-refractivity contribution >= 4 is 5.91 Å². The van der Waals surface area contributed by atoms with Crippen molar-refractivity contribution in [1.29, 1.82) is 0 Å². The summed E-state index contributed by atoms with van der Waals surface area (Å²) in [4.78, 5) is 14.3. The number of amides is 1. The largest absolute Gasteiger partial charge is 0.505 e. The first kappa shape index (κ1) is 19.7. The molecule has 4 nitrogen and oxygen atoms in total. The van der Waals surface area contributed by atoms with Gasteiger partial charge in [0.25, 0.3) is 5.91 Å².